The molecule has 0 bridgehead atoms. The summed E-state index contributed by atoms with van der Waals surface area (Å²) in [4.78, 5) is 12.5. The number of carbonyl (C=O) groups is 1. The van der Waals surface area contributed by atoms with Crippen LogP contribution in [0, 0.1) is 13.8 Å². The molecule has 1 aromatic heterocycles. The second-order valence-electron chi connectivity index (χ2n) is 7.94. The molecule has 0 aliphatic rings. The van der Waals surface area contributed by atoms with E-state index in [4.69, 9.17) is 13.9 Å². The Hall–Kier alpha value is -3.05. The number of benzene rings is 2. The van der Waals surface area contributed by atoms with E-state index < -0.39 is 0 Å². The molecular weight excluding hydrogens is 390 g/mol. The number of hydrogen-bond donors (Lipinski definition) is 1. The van der Waals surface area contributed by atoms with Crippen LogP contribution in [0.2, 0.25) is 0 Å². The van der Waals surface area contributed by atoms with Crippen LogP contribution in [0.1, 0.15) is 37.5 Å². The van der Waals surface area contributed by atoms with Crippen molar-refractivity contribution in [3.8, 4) is 16.9 Å². The summed E-state index contributed by atoms with van der Waals surface area (Å²) in [6, 6.07) is 10.3. The molecule has 1 unspecified atom stereocenters. The Bertz CT molecular complexity index is 1110. The highest BCUT2D eigenvalue weighted by Crippen LogP contribution is 2.38. The molecule has 0 saturated carbocycles. The molecule has 1 atom stereocenters. The first-order valence-corrected chi connectivity index (χ1v) is 10.6. The molecule has 0 saturated heterocycles. The van der Waals surface area contributed by atoms with E-state index in [0.29, 0.717) is 19.0 Å². The van der Waals surface area contributed by atoms with Crippen molar-refractivity contribution in [2.24, 2.45) is 0 Å². The zero-order valence-corrected chi connectivity index (χ0v) is 19.2. The van der Waals surface area contributed by atoms with Gasteiger partial charge in [0.25, 0.3) is 0 Å². The van der Waals surface area contributed by atoms with Gasteiger partial charge in [-0.25, -0.2) is 0 Å². The number of furan rings is 1. The predicted molar refractivity (Wildman–Crippen MR) is 125 cm³/mol. The van der Waals surface area contributed by atoms with Gasteiger partial charge in [0.05, 0.1) is 19.5 Å². The Morgan fingerprint density at radius 2 is 1.97 bits per heavy atom. The largest absolute Gasteiger partial charge is 0.493 e. The monoisotopic (exact) mass is 421 g/mol. The average molecular weight is 422 g/mol. The van der Waals surface area contributed by atoms with Crippen molar-refractivity contribution in [1.82, 2.24) is 5.32 Å². The molecule has 0 aliphatic carbocycles. The summed E-state index contributed by atoms with van der Waals surface area (Å²) in [5.74, 6) is 0.536. The molecule has 31 heavy (non-hydrogen) atoms. The van der Waals surface area contributed by atoms with E-state index in [9.17, 15) is 4.79 Å². The molecule has 1 amide bonds. The molecule has 1 heterocycles. The average Bonchev–Trinajstić information content (AvgIpc) is 3.10. The number of ether oxygens (including phenoxy) is 2. The standard InChI is InChI=1S/C26H31NO4/c1-7-30-24-13-25-22(23(15-31-25)20-9-8-16(2)10-17(20)3)12-21(24)18(4)11-26(28)27-19(5)14-29-6/h8-13,15,19H,7,14H2,1-6H3,(H,27,28)/b18-11+. The zero-order valence-electron chi connectivity index (χ0n) is 19.2. The molecule has 2 aromatic carbocycles. The molecule has 3 rings (SSSR count). The van der Waals surface area contributed by atoms with Crippen molar-refractivity contribution in [2.45, 2.75) is 40.7 Å². The molecule has 0 radical (unpaired) electrons. The van der Waals surface area contributed by atoms with Crippen LogP contribution in [0.5, 0.6) is 5.75 Å². The SMILES string of the molecule is CCOc1cc2occ(-c3ccc(C)cc3C)c2cc1/C(C)=C/C(=O)NC(C)COC. The van der Waals surface area contributed by atoms with Crippen LogP contribution >= 0.6 is 0 Å². The van der Waals surface area contributed by atoms with Crippen LogP contribution in [0.25, 0.3) is 27.7 Å². The lowest BCUT2D eigenvalue weighted by atomic mass is 9.96. The number of nitrogens with one attached hydrogen (secondary N) is 1. The van der Waals surface area contributed by atoms with Gasteiger partial charge >= 0.3 is 0 Å². The van der Waals surface area contributed by atoms with E-state index in [0.717, 1.165) is 33.2 Å². The summed E-state index contributed by atoms with van der Waals surface area (Å²) in [6.07, 6.45) is 3.40. The van der Waals surface area contributed by atoms with Gasteiger partial charge in [-0.15, -0.1) is 0 Å². The lowest BCUT2D eigenvalue weighted by Crippen LogP contribution is -2.34. The van der Waals surface area contributed by atoms with Crippen LogP contribution in [-0.4, -0.2) is 32.3 Å². The van der Waals surface area contributed by atoms with Gasteiger partial charge in [-0.3, -0.25) is 4.79 Å². The van der Waals surface area contributed by atoms with Crippen molar-refractivity contribution >= 4 is 22.4 Å². The van der Waals surface area contributed by atoms with Gasteiger partial charge in [0.2, 0.25) is 5.91 Å². The Morgan fingerprint density at radius 3 is 2.65 bits per heavy atom. The fourth-order valence-electron chi connectivity index (χ4n) is 3.81. The molecule has 164 valence electrons. The van der Waals surface area contributed by atoms with Gasteiger partial charge < -0.3 is 19.2 Å². The number of amides is 1. The minimum absolute atomic E-state index is 0.0691. The minimum Gasteiger partial charge on any atom is -0.493 e. The van der Waals surface area contributed by atoms with Crippen LogP contribution in [0.3, 0.4) is 0 Å². The van der Waals surface area contributed by atoms with Gasteiger partial charge in [-0.2, -0.15) is 0 Å². The van der Waals surface area contributed by atoms with Crippen LogP contribution < -0.4 is 10.1 Å². The lowest BCUT2D eigenvalue weighted by Gasteiger charge is -2.13. The molecular formula is C26H31NO4. The molecule has 1 N–H and O–H groups in total. The minimum atomic E-state index is -0.161. The van der Waals surface area contributed by atoms with E-state index in [-0.39, 0.29) is 11.9 Å². The first kappa shape index (κ1) is 22.6. The van der Waals surface area contributed by atoms with Crippen molar-refractivity contribution in [3.05, 3.63) is 59.4 Å². The zero-order chi connectivity index (χ0) is 22.5. The predicted octanol–water partition coefficient (Wildman–Crippen LogP) is 5.67. The Labute approximate surface area is 184 Å². The normalized spacial score (nSPS) is 12.8. The third-order valence-electron chi connectivity index (χ3n) is 5.23. The van der Waals surface area contributed by atoms with Gasteiger partial charge in [0.1, 0.15) is 11.3 Å². The number of rotatable bonds is 8. The van der Waals surface area contributed by atoms with Crippen molar-refractivity contribution in [3.63, 3.8) is 0 Å². The van der Waals surface area contributed by atoms with Crippen LogP contribution in [0.4, 0.5) is 0 Å². The lowest BCUT2D eigenvalue weighted by molar-refractivity contribution is -0.117. The fourth-order valence-corrected chi connectivity index (χ4v) is 3.81. The second kappa shape index (κ2) is 9.84. The number of allylic oxidation sites excluding steroid dienone is 1. The van der Waals surface area contributed by atoms with E-state index in [1.807, 2.05) is 26.8 Å². The van der Waals surface area contributed by atoms with Crippen molar-refractivity contribution < 1.29 is 18.7 Å². The summed E-state index contributed by atoms with van der Waals surface area (Å²) < 4.78 is 16.8. The van der Waals surface area contributed by atoms with Gasteiger partial charge in [0.15, 0.2) is 0 Å². The number of carbonyl (C=O) groups excluding carboxylic acids is 1. The number of fused-ring (bicyclic) bond motifs is 1. The highest BCUT2D eigenvalue weighted by Gasteiger charge is 2.16. The smallest absolute Gasteiger partial charge is 0.244 e. The van der Waals surface area contributed by atoms with Gasteiger partial charge in [-0.1, -0.05) is 23.8 Å². The third-order valence-corrected chi connectivity index (χ3v) is 5.23. The first-order chi connectivity index (χ1) is 14.8. The van der Waals surface area contributed by atoms with E-state index >= 15 is 0 Å². The maximum absolute atomic E-state index is 12.5. The molecule has 5 nitrogen and oxygen atoms in total. The quantitative estimate of drug-likeness (QED) is 0.476. The summed E-state index contributed by atoms with van der Waals surface area (Å²) >= 11 is 0. The maximum atomic E-state index is 12.5. The molecule has 0 fully saturated rings. The topological polar surface area (TPSA) is 60.7 Å². The number of aryl methyl sites for hydroxylation is 2. The second-order valence-corrected chi connectivity index (χ2v) is 7.94. The third kappa shape index (κ3) is 5.17. The van der Waals surface area contributed by atoms with Gasteiger partial charge in [-0.05, 0) is 57.4 Å². The van der Waals surface area contributed by atoms with E-state index in [2.05, 4.69) is 43.4 Å². The fraction of sp³-hybridized carbons (Fsp3) is 0.346. The number of hydrogen-bond acceptors (Lipinski definition) is 4. The molecule has 3 aromatic rings. The van der Waals surface area contributed by atoms with Gasteiger partial charge in [0, 0.05) is 41.8 Å². The Morgan fingerprint density at radius 1 is 1.19 bits per heavy atom. The highest BCUT2D eigenvalue weighted by molar-refractivity contribution is 6.00. The Balaban J connectivity index is 2.06. The van der Waals surface area contributed by atoms with Crippen molar-refractivity contribution in [2.75, 3.05) is 20.3 Å². The summed E-state index contributed by atoms with van der Waals surface area (Å²) in [5.41, 5.74) is 7.03. The molecule has 0 spiro atoms. The first-order valence-electron chi connectivity index (χ1n) is 10.6. The summed E-state index contributed by atoms with van der Waals surface area (Å²) in [6.45, 7) is 10.9. The summed E-state index contributed by atoms with van der Waals surface area (Å²) in [5, 5.41) is 3.91. The highest BCUT2D eigenvalue weighted by atomic mass is 16.5. The molecule has 5 heteroatoms. The van der Waals surface area contributed by atoms with Crippen LogP contribution in [-0.2, 0) is 9.53 Å². The van der Waals surface area contributed by atoms with E-state index in [1.54, 1.807) is 19.4 Å². The summed E-state index contributed by atoms with van der Waals surface area (Å²) in [7, 11) is 1.62. The van der Waals surface area contributed by atoms with Crippen molar-refractivity contribution in [1.29, 1.82) is 0 Å². The number of methoxy groups -OCH3 is 1. The van der Waals surface area contributed by atoms with E-state index in [1.165, 1.54) is 11.1 Å². The molecule has 0 aliphatic heterocycles. The maximum Gasteiger partial charge on any atom is 0.244 e. The Kier molecular flexibility index (Phi) is 7.18. The van der Waals surface area contributed by atoms with Crippen LogP contribution in [0.15, 0.2) is 47.1 Å².